The molecular formula is C15H16ClN3. The van der Waals surface area contributed by atoms with Crippen molar-refractivity contribution in [1.82, 2.24) is 15.0 Å². The molecule has 0 fully saturated rings. The first-order valence-electron chi connectivity index (χ1n) is 6.72. The molecule has 0 bridgehead atoms. The molecule has 0 radical (unpaired) electrons. The second-order valence-electron chi connectivity index (χ2n) is 5.04. The van der Waals surface area contributed by atoms with Gasteiger partial charge in [-0.05, 0) is 44.2 Å². The number of aromatic nitrogens is 3. The number of hydrogen-bond acceptors (Lipinski definition) is 3. The summed E-state index contributed by atoms with van der Waals surface area (Å²) < 4.78 is 0. The highest BCUT2D eigenvalue weighted by Gasteiger charge is 2.16. The summed E-state index contributed by atoms with van der Waals surface area (Å²) in [5.74, 6) is 0.644. The molecule has 2 aromatic rings. The maximum Gasteiger partial charge on any atom is 0.179 e. The molecule has 0 N–H and O–H groups in total. The van der Waals surface area contributed by atoms with E-state index >= 15 is 0 Å². The van der Waals surface area contributed by atoms with Gasteiger partial charge in [0.1, 0.15) is 10.8 Å². The molecule has 2 heterocycles. The van der Waals surface area contributed by atoms with Crippen molar-refractivity contribution in [2.75, 3.05) is 0 Å². The van der Waals surface area contributed by atoms with Gasteiger partial charge in [0.2, 0.25) is 0 Å². The van der Waals surface area contributed by atoms with Crippen LogP contribution < -0.4 is 0 Å². The zero-order chi connectivity index (χ0) is 13.2. The van der Waals surface area contributed by atoms with Crippen LogP contribution in [-0.2, 0) is 12.8 Å². The number of rotatable bonds is 1. The van der Waals surface area contributed by atoms with Crippen LogP contribution in [0.2, 0.25) is 5.15 Å². The van der Waals surface area contributed by atoms with E-state index in [-0.39, 0.29) is 0 Å². The molecule has 0 aliphatic heterocycles. The van der Waals surface area contributed by atoms with Gasteiger partial charge in [-0.2, -0.15) is 0 Å². The van der Waals surface area contributed by atoms with Crippen LogP contribution in [-0.4, -0.2) is 15.0 Å². The van der Waals surface area contributed by atoms with Gasteiger partial charge in [0.15, 0.2) is 5.82 Å². The summed E-state index contributed by atoms with van der Waals surface area (Å²) in [7, 11) is 0. The van der Waals surface area contributed by atoms with Crippen molar-refractivity contribution >= 4 is 11.6 Å². The molecule has 19 heavy (non-hydrogen) atoms. The van der Waals surface area contributed by atoms with Crippen molar-refractivity contribution in [3.8, 4) is 11.5 Å². The number of aryl methyl sites for hydroxylation is 2. The van der Waals surface area contributed by atoms with E-state index in [9.17, 15) is 0 Å². The molecule has 98 valence electrons. The van der Waals surface area contributed by atoms with Crippen LogP contribution in [0.5, 0.6) is 0 Å². The highest BCUT2D eigenvalue weighted by Crippen LogP contribution is 2.27. The maximum atomic E-state index is 6.32. The fourth-order valence-electron chi connectivity index (χ4n) is 2.44. The second kappa shape index (κ2) is 5.25. The highest BCUT2D eigenvalue weighted by molar-refractivity contribution is 6.30. The first-order chi connectivity index (χ1) is 9.24. The molecule has 0 saturated heterocycles. The van der Waals surface area contributed by atoms with Crippen LogP contribution in [0.4, 0.5) is 0 Å². The zero-order valence-corrected chi connectivity index (χ0v) is 11.7. The molecule has 0 saturated carbocycles. The molecule has 0 amide bonds. The minimum atomic E-state index is 0.601. The van der Waals surface area contributed by atoms with Crippen LogP contribution >= 0.6 is 11.6 Å². The van der Waals surface area contributed by atoms with E-state index in [0.29, 0.717) is 11.0 Å². The van der Waals surface area contributed by atoms with Gasteiger partial charge in [-0.15, -0.1) is 0 Å². The number of nitrogens with zero attached hydrogens (tertiary/aromatic N) is 3. The topological polar surface area (TPSA) is 38.7 Å². The number of hydrogen-bond donors (Lipinski definition) is 0. The fraction of sp³-hybridized carbons (Fsp3) is 0.400. The van der Waals surface area contributed by atoms with Crippen molar-refractivity contribution in [3.63, 3.8) is 0 Å². The average Bonchev–Trinajstić information content (AvgIpc) is 2.65. The number of pyridine rings is 1. The lowest BCUT2D eigenvalue weighted by Gasteiger charge is -2.09. The summed E-state index contributed by atoms with van der Waals surface area (Å²) in [6.45, 7) is 2.02. The normalized spacial score (nSPS) is 14.8. The third-order valence-electron chi connectivity index (χ3n) is 3.52. The first-order valence-corrected chi connectivity index (χ1v) is 7.10. The van der Waals surface area contributed by atoms with E-state index < -0.39 is 0 Å². The zero-order valence-electron chi connectivity index (χ0n) is 11.0. The SMILES string of the molecule is Cc1ccc(-c2nc(Cl)c3c(n2)CCCCC3)nc1. The van der Waals surface area contributed by atoms with Crippen molar-refractivity contribution in [2.45, 2.75) is 39.0 Å². The highest BCUT2D eigenvalue weighted by atomic mass is 35.5. The summed E-state index contributed by atoms with van der Waals surface area (Å²) in [6, 6.07) is 3.97. The molecule has 1 aliphatic rings. The van der Waals surface area contributed by atoms with Crippen molar-refractivity contribution < 1.29 is 0 Å². The third-order valence-corrected chi connectivity index (χ3v) is 3.84. The van der Waals surface area contributed by atoms with Gasteiger partial charge in [0.05, 0.1) is 0 Å². The predicted molar refractivity (Wildman–Crippen MR) is 76.3 cm³/mol. The number of fused-ring (bicyclic) bond motifs is 1. The van der Waals surface area contributed by atoms with E-state index in [4.69, 9.17) is 11.6 Å². The number of halogens is 1. The van der Waals surface area contributed by atoms with Gasteiger partial charge in [-0.3, -0.25) is 4.98 Å². The Hall–Kier alpha value is -1.48. The van der Waals surface area contributed by atoms with E-state index in [0.717, 1.165) is 35.4 Å². The molecule has 2 aromatic heterocycles. The summed E-state index contributed by atoms with van der Waals surface area (Å²) >= 11 is 6.32. The van der Waals surface area contributed by atoms with Crippen molar-refractivity contribution in [2.24, 2.45) is 0 Å². The molecule has 0 atom stereocenters. The van der Waals surface area contributed by atoms with E-state index in [1.54, 1.807) is 0 Å². The molecular weight excluding hydrogens is 258 g/mol. The van der Waals surface area contributed by atoms with Gasteiger partial charge in [0.25, 0.3) is 0 Å². The molecule has 3 rings (SSSR count). The third kappa shape index (κ3) is 2.61. The Morgan fingerprint density at radius 3 is 2.68 bits per heavy atom. The summed E-state index contributed by atoms with van der Waals surface area (Å²) in [4.78, 5) is 13.5. The minimum Gasteiger partial charge on any atom is -0.253 e. The molecule has 0 unspecified atom stereocenters. The fourth-order valence-corrected chi connectivity index (χ4v) is 2.72. The largest absolute Gasteiger partial charge is 0.253 e. The van der Waals surface area contributed by atoms with Crippen LogP contribution in [0.3, 0.4) is 0 Å². The van der Waals surface area contributed by atoms with E-state index in [1.807, 2.05) is 25.3 Å². The van der Waals surface area contributed by atoms with E-state index in [2.05, 4.69) is 15.0 Å². The van der Waals surface area contributed by atoms with Crippen LogP contribution in [0.25, 0.3) is 11.5 Å². The summed E-state index contributed by atoms with van der Waals surface area (Å²) in [6.07, 6.45) is 7.43. The minimum absolute atomic E-state index is 0.601. The Morgan fingerprint density at radius 2 is 1.89 bits per heavy atom. The lowest BCUT2D eigenvalue weighted by Crippen LogP contribution is -2.02. The Balaban J connectivity index is 2.06. The summed E-state index contributed by atoms with van der Waals surface area (Å²) in [5.41, 5.74) is 4.16. The molecule has 3 nitrogen and oxygen atoms in total. The Labute approximate surface area is 118 Å². The molecule has 4 heteroatoms. The molecule has 0 aromatic carbocycles. The first kappa shape index (κ1) is 12.5. The summed E-state index contributed by atoms with van der Waals surface area (Å²) in [5, 5.41) is 0.601. The Kier molecular flexibility index (Phi) is 3.47. The van der Waals surface area contributed by atoms with Gasteiger partial charge in [0, 0.05) is 17.5 Å². The van der Waals surface area contributed by atoms with Crippen molar-refractivity contribution in [1.29, 1.82) is 0 Å². The quantitative estimate of drug-likeness (QED) is 0.586. The van der Waals surface area contributed by atoms with Gasteiger partial charge in [-0.25, -0.2) is 9.97 Å². The van der Waals surface area contributed by atoms with Crippen LogP contribution in [0, 0.1) is 6.92 Å². The van der Waals surface area contributed by atoms with Gasteiger partial charge < -0.3 is 0 Å². The average molecular weight is 274 g/mol. The predicted octanol–water partition coefficient (Wildman–Crippen LogP) is 3.77. The monoisotopic (exact) mass is 273 g/mol. The van der Waals surface area contributed by atoms with Crippen LogP contribution in [0.1, 0.15) is 36.1 Å². The lowest BCUT2D eigenvalue weighted by atomic mass is 10.1. The van der Waals surface area contributed by atoms with Gasteiger partial charge >= 0.3 is 0 Å². The van der Waals surface area contributed by atoms with Crippen LogP contribution in [0.15, 0.2) is 18.3 Å². The van der Waals surface area contributed by atoms with Gasteiger partial charge in [-0.1, -0.05) is 24.1 Å². The second-order valence-corrected chi connectivity index (χ2v) is 5.40. The smallest absolute Gasteiger partial charge is 0.179 e. The Morgan fingerprint density at radius 1 is 1.05 bits per heavy atom. The molecule has 1 aliphatic carbocycles. The molecule has 0 spiro atoms. The van der Waals surface area contributed by atoms with E-state index in [1.165, 1.54) is 19.3 Å². The maximum absolute atomic E-state index is 6.32. The standard InChI is InChI=1S/C15H16ClN3/c1-10-7-8-13(17-9-10)15-18-12-6-4-2-3-5-11(12)14(16)19-15/h7-9H,2-6H2,1H3. The lowest BCUT2D eigenvalue weighted by molar-refractivity contribution is 0.709. The van der Waals surface area contributed by atoms with Crippen molar-refractivity contribution in [3.05, 3.63) is 40.3 Å². The Bertz CT molecular complexity index is 593.